The molecular formula is C21H33IN4O2. The number of nitrogens with one attached hydrogen (secondary N) is 2. The zero-order valence-corrected chi connectivity index (χ0v) is 19.7. The van der Waals surface area contributed by atoms with E-state index in [0.717, 1.165) is 43.4 Å². The number of ether oxygens (including phenoxy) is 2. The Morgan fingerprint density at radius 3 is 2.57 bits per heavy atom. The van der Waals surface area contributed by atoms with Crippen molar-refractivity contribution in [3.8, 4) is 11.5 Å². The highest BCUT2D eigenvalue weighted by atomic mass is 127. The molecule has 1 aromatic heterocycles. The van der Waals surface area contributed by atoms with Gasteiger partial charge in [0.05, 0.1) is 20.3 Å². The molecule has 2 aromatic rings. The van der Waals surface area contributed by atoms with Crippen molar-refractivity contribution in [2.24, 2.45) is 12.0 Å². The molecule has 1 heterocycles. The van der Waals surface area contributed by atoms with Gasteiger partial charge in [-0.2, -0.15) is 0 Å². The van der Waals surface area contributed by atoms with Gasteiger partial charge in [0, 0.05) is 32.5 Å². The lowest BCUT2D eigenvalue weighted by Crippen LogP contribution is -2.37. The highest BCUT2D eigenvalue weighted by Crippen LogP contribution is 2.28. The summed E-state index contributed by atoms with van der Waals surface area (Å²) in [5.74, 6) is 2.44. The molecule has 0 fully saturated rings. The quantitative estimate of drug-likeness (QED) is 0.226. The van der Waals surface area contributed by atoms with Crippen molar-refractivity contribution in [3.05, 3.63) is 47.8 Å². The third-order valence-corrected chi connectivity index (χ3v) is 4.12. The molecule has 0 unspecified atom stereocenters. The zero-order valence-electron chi connectivity index (χ0n) is 17.3. The second kappa shape index (κ2) is 13.3. The molecule has 0 spiro atoms. The fourth-order valence-electron chi connectivity index (χ4n) is 2.81. The van der Waals surface area contributed by atoms with Gasteiger partial charge in [0.1, 0.15) is 0 Å². The molecule has 0 aliphatic carbocycles. The lowest BCUT2D eigenvalue weighted by Gasteiger charge is -2.12. The Hall–Kier alpha value is -1.90. The van der Waals surface area contributed by atoms with E-state index < -0.39 is 0 Å². The molecule has 0 aliphatic rings. The van der Waals surface area contributed by atoms with E-state index in [0.29, 0.717) is 13.2 Å². The van der Waals surface area contributed by atoms with Crippen molar-refractivity contribution in [2.45, 2.75) is 33.2 Å². The highest BCUT2D eigenvalue weighted by Gasteiger charge is 2.05. The predicted molar refractivity (Wildman–Crippen MR) is 126 cm³/mol. The van der Waals surface area contributed by atoms with Gasteiger partial charge >= 0.3 is 0 Å². The van der Waals surface area contributed by atoms with Crippen LogP contribution in [0.2, 0.25) is 0 Å². The standard InChI is InChI=1S/C21H32N4O2.HI/c1-5-22-21(24-15-18-11-13-25(3)16-18)23-12-7-8-17-9-10-19(26-4)20(14-17)27-6-2;/h9-11,13-14,16H,5-8,12,15H2,1-4H3,(H2,22,23,24);1H. The third kappa shape index (κ3) is 8.00. The Balaban J connectivity index is 0.00000392. The van der Waals surface area contributed by atoms with E-state index in [-0.39, 0.29) is 24.0 Å². The number of hydrogen-bond donors (Lipinski definition) is 2. The van der Waals surface area contributed by atoms with Gasteiger partial charge in [0.2, 0.25) is 0 Å². The summed E-state index contributed by atoms with van der Waals surface area (Å²) in [6, 6.07) is 8.22. The average Bonchev–Trinajstić information content (AvgIpc) is 3.09. The number of halogens is 1. The predicted octanol–water partition coefficient (Wildman–Crippen LogP) is 3.74. The molecule has 6 nitrogen and oxygen atoms in total. The molecule has 156 valence electrons. The zero-order chi connectivity index (χ0) is 19.5. The van der Waals surface area contributed by atoms with Crippen LogP contribution < -0.4 is 20.1 Å². The van der Waals surface area contributed by atoms with Crippen molar-refractivity contribution in [1.82, 2.24) is 15.2 Å². The Bertz CT molecular complexity index is 731. The van der Waals surface area contributed by atoms with E-state index in [1.807, 2.05) is 30.8 Å². The van der Waals surface area contributed by atoms with Crippen LogP contribution >= 0.6 is 24.0 Å². The number of aryl methyl sites for hydroxylation is 2. The number of guanidine groups is 1. The maximum atomic E-state index is 5.65. The van der Waals surface area contributed by atoms with Crippen LogP contribution in [0.3, 0.4) is 0 Å². The monoisotopic (exact) mass is 500 g/mol. The summed E-state index contributed by atoms with van der Waals surface area (Å²) < 4.78 is 13.0. The van der Waals surface area contributed by atoms with Crippen LogP contribution in [0.5, 0.6) is 11.5 Å². The molecule has 0 atom stereocenters. The summed E-state index contributed by atoms with van der Waals surface area (Å²) in [6.45, 7) is 7.06. The van der Waals surface area contributed by atoms with Gasteiger partial charge < -0.3 is 24.7 Å². The first-order valence-electron chi connectivity index (χ1n) is 9.59. The van der Waals surface area contributed by atoms with E-state index >= 15 is 0 Å². The maximum Gasteiger partial charge on any atom is 0.191 e. The van der Waals surface area contributed by atoms with Crippen molar-refractivity contribution < 1.29 is 9.47 Å². The van der Waals surface area contributed by atoms with E-state index in [4.69, 9.17) is 9.47 Å². The molecule has 0 aliphatic heterocycles. The average molecular weight is 500 g/mol. The topological polar surface area (TPSA) is 59.8 Å². The number of benzene rings is 1. The molecule has 28 heavy (non-hydrogen) atoms. The molecule has 2 N–H and O–H groups in total. The Kier molecular flexibility index (Phi) is 11.5. The SMILES string of the molecule is CCNC(=NCc1ccn(C)c1)NCCCc1ccc(OC)c(OCC)c1.I. The van der Waals surface area contributed by atoms with Crippen LogP contribution in [0.4, 0.5) is 0 Å². The Morgan fingerprint density at radius 1 is 1.11 bits per heavy atom. The fraction of sp³-hybridized carbons (Fsp3) is 0.476. The number of rotatable bonds is 10. The summed E-state index contributed by atoms with van der Waals surface area (Å²) >= 11 is 0. The van der Waals surface area contributed by atoms with Crippen LogP contribution in [0.25, 0.3) is 0 Å². The lowest BCUT2D eigenvalue weighted by atomic mass is 10.1. The van der Waals surface area contributed by atoms with Crippen LogP contribution in [0.15, 0.2) is 41.7 Å². The number of aromatic nitrogens is 1. The van der Waals surface area contributed by atoms with Gasteiger partial charge in [-0.3, -0.25) is 0 Å². The summed E-state index contributed by atoms with van der Waals surface area (Å²) in [5.41, 5.74) is 2.45. The van der Waals surface area contributed by atoms with Crippen molar-refractivity contribution in [3.63, 3.8) is 0 Å². The fourth-order valence-corrected chi connectivity index (χ4v) is 2.81. The summed E-state index contributed by atoms with van der Waals surface area (Å²) in [6.07, 6.45) is 6.10. The minimum atomic E-state index is 0. The second-order valence-corrected chi connectivity index (χ2v) is 6.33. The first kappa shape index (κ1) is 24.1. The molecule has 0 saturated carbocycles. The molecule has 1 aromatic carbocycles. The van der Waals surface area contributed by atoms with Crippen LogP contribution in [0.1, 0.15) is 31.4 Å². The highest BCUT2D eigenvalue weighted by molar-refractivity contribution is 14.0. The molecule has 2 rings (SSSR count). The Morgan fingerprint density at radius 2 is 1.93 bits per heavy atom. The van der Waals surface area contributed by atoms with Gasteiger partial charge in [-0.1, -0.05) is 6.07 Å². The van der Waals surface area contributed by atoms with Gasteiger partial charge in [0.25, 0.3) is 0 Å². The van der Waals surface area contributed by atoms with Crippen LogP contribution in [-0.4, -0.2) is 37.3 Å². The third-order valence-electron chi connectivity index (χ3n) is 4.12. The number of methoxy groups -OCH3 is 1. The largest absolute Gasteiger partial charge is 0.493 e. The van der Waals surface area contributed by atoms with Crippen molar-refractivity contribution >= 4 is 29.9 Å². The first-order valence-corrected chi connectivity index (χ1v) is 9.59. The number of aliphatic imine (C=N–C) groups is 1. The number of hydrogen-bond acceptors (Lipinski definition) is 3. The molecular weight excluding hydrogens is 467 g/mol. The molecule has 0 saturated heterocycles. The lowest BCUT2D eigenvalue weighted by molar-refractivity contribution is 0.310. The van der Waals surface area contributed by atoms with Gasteiger partial charge in [0.15, 0.2) is 17.5 Å². The van der Waals surface area contributed by atoms with Gasteiger partial charge in [-0.15, -0.1) is 24.0 Å². The first-order chi connectivity index (χ1) is 13.2. The van der Waals surface area contributed by atoms with Crippen LogP contribution in [0, 0.1) is 0 Å². The molecule has 0 radical (unpaired) electrons. The van der Waals surface area contributed by atoms with E-state index in [2.05, 4.69) is 46.9 Å². The maximum absolute atomic E-state index is 5.65. The normalized spacial score (nSPS) is 10.9. The van der Waals surface area contributed by atoms with E-state index in [1.165, 1.54) is 11.1 Å². The minimum Gasteiger partial charge on any atom is -0.493 e. The van der Waals surface area contributed by atoms with Crippen molar-refractivity contribution in [2.75, 3.05) is 26.8 Å². The summed E-state index contributed by atoms with van der Waals surface area (Å²) in [5, 5.41) is 6.70. The van der Waals surface area contributed by atoms with Crippen molar-refractivity contribution in [1.29, 1.82) is 0 Å². The van der Waals surface area contributed by atoms with Gasteiger partial charge in [-0.05, 0) is 56.0 Å². The smallest absolute Gasteiger partial charge is 0.191 e. The number of nitrogens with zero attached hydrogens (tertiary/aromatic N) is 2. The van der Waals surface area contributed by atoms with Crippen LogP contribution in [-0.2, 0) is 20.0 Å². The minimum absolute atomic E-state index is 0. The van der Waals surface area contributed by atoms with Gasteiger partial charge in [-0.25, -0.2) is 4.99 Å². The molecule has 0 bridgehead atoms. The summed E-state index contributed by atoms with van der Waals surface area (Å²) in [7, 11) is 3.69. The molecule has 0 amide bonds. The Labute approximate surface area is 185 Å². The van der Waals surface area contributed by atoms with E-state index in [9.17, 15) is 0 Å². The second-order valence-electron chi connectivity index (χ2n) is 6.33. The molecule has 7 heteroatoms. The van der Waals surface area contributed by atoms with E-state index in [1.54, 1.807) is 7.11 Å². The summed E-state index contributed by atoms with van der Waals surface area (Å²) in [4.78, 5) is 4.65.